The molecule has 0 amide bonds. The highest BCUT2D eigenvalue weighted by Gasteiger charge is 2.01. The lowest BCUT2D eigenvalue weighted by Crippen LogP contribution is -2.07. The molecule has 0 atom stereocenters. The number of hydrogen-bond donors (Lipinski definition) is 1. The number of pyridine rings is 1. The summed E-state index contributed by atoms with van der Waals surface area (Å²) < 4.78 is 1.87. The molecule has 0 fully saturated rings. The second kappa shape index (κ2) is 4.35. The van der Waals surface area contributed by atoms with Gasteiger partial charge in [-0.05, 0) is 32.0 Å². The van der Waals surface area contributed by atoms with Crippen LogP contribution in [0.4, 0.5) is 5.69 Å². The summed E-state index contributed by atoms with van der Waals surface area (Å²) in [5.74, 6) is 0. The van der Waals surface area contributed by atoms with Crippen molar-refractivity contribution in [1.82, 2.24) is 14.8 Å². The summed E-state index contributed by atoms with van der Waals surface area (Å²) in [5.41, 5.74) is 4.30. The summed E-state index contributed by atoms with van der Waals surface area (Å²) in [6.45, 7) is 4.78. The van der Waals surface area contributed by atoms with E-state index in [2.05, 4.69) is 21.5 Å². The van der Waals surface area contributed by atoms with Crippen molar-refractivity contribution in [2.24, 2.45) is 7.05 Å². The molecule has 0 aliphatic carbocycles. The Morgan fingerprint density at radius 2 is 2.06 bits per heavy atom. The lowest BCUT2D eigenvalue weighted by Gasteiger charge is -2.09. The highest BCUT2D eigenvalue weighted by atomic mass is 15.3. The first-order chi connectivity index (χ1) is 7.66. The van der Waals surface area contributed by atoms with Crippen LogP contribution in [0.15, 0.2) is 24.4 Å². The third kappa shape index (κ3) is 2.21. The van der Waals surface area contributed by atoms with Crippen LogP contribution in [-0.2, 0) is 13.6 Å². The Morgan fingerprint density at radius 3 is 2.69 bits per heavy atom. The molecule has 2 heterocycles. The van der Waals surface area contributed by atoms with Crippen LogP contribution >= 0.6 is 0 Å². The molecule has 2 rings (SSSR count). The van der Waals surface area contributed by atoms with Gasteiger partial charge >= 0.3 is 0 Å². The Balaban J connectivity index is 2.08. The maximum atomic E-state index is 4.41. The van der Waals surface area contributed by atoms with Crippen LogP contribution in [0.1, 0.15) is 17.1 Å². The molecule has 0 bridgehead atoms. The number of rotatable bonds is 3. The molecule has 0 unspecified atom stereocenters. The van der Waals surface area contributed by atoms with E-state index in [1.54, 1.807) is 6.20 Å². The average Bonchev–Trinajstić information content (AvgIpc) is 2.63. The summed E-state index contributed by atoms with van der Waals surface area (Å²) in [7, 11) is 1.94. The van der Waals surface area contributed by atoms with Gasteiger partial charge < -0.3 is 5.32 Å². The standard InChI is InChI=1S/C12H16N4/c1-9-4-5-12(10(2)15-9)13-8-11-6-7-14-16(11)3/h4-7,13H,8H2,1-3H3. The van der Waals surface area contributed by atoms with E-state index in [1.165, 1.54) is 0 Å². The first-order valence-corrected chi connectivity index (χ1v) is 5.32. The zero-order valence-corrected chi connectivity index (χ0v) is 9.86. The van der Waals surface area contributed by atoms with E-state index in [0.29, 0.717) is 0 Å². The fourth-order valence-corrected chi connectivity index (χ4v) is 1.63. The summed E-state index contributed by atoms with van der Waals surface area (Å²) in [4.78, 5) is 4.41. The van der Waals surface area contributed by atoms with E-state index in [1.807, 2.05) is 37.7 Å². The van der Waals surface area contributed by atoms with E-state index >= 15 is 0 Å². The number of aryl methyl sites for hydroxylation is 3. The zero-order valence-electron chi connectivity index (χ0n) is 9.86. The van der Waals surface area contributed by atoms with Crippen molar-refractivity contribution in [3.63, 3.8) is 0 Å². The molecular formula is C12H16N4. The molecule has 84 valence electrons. The van der Waals surface area contributed by atoms with Crippen molar-refractivity contribution in [2.45, 2.75) is 20.4 Å². The fourth-order valence-electron chi connectivity index (χ4n) is 1.63. The molecule has 4 nitrogen and oxygen atoms in total. The van der Waals surface area contributed by atoms with E-state index in [9.17, 15) is 0 Å². The molecule has 2 aromatic heterocycles. The number of hydrogen-bond acceptors (Lipinski definition) is 3. The van der Waals surface area contributed by atoms with Gasteiger partial charge in [0, 0.05) is 18.9 Å². The molecular weight excluding hydrogens is 200 g/mol. The van der Waals surface area contributed by atoms with Crippen LogP contribution in [0.5, 0.6) is 0 Å². The van der Waals surface area contributed by atoms with Crippen LogP contribution in [0.25, 0.3) is 0 Å². The molecule has 0 saturated heterocycles. The Hall–Kier alpha value is -1.84. The fraction of sp³-hybridized carbons (Fsp3) is 0.333. The van der Waals surface area contributed by atoms with Crippen molar-refractivity contribution in [1.29, 1.82) is 0 Å². The predicted molar refractivity (Wildman–Crippen MR) is 64.2 cm³/mol. The van der Waals surface area contributed by atoms with Crippen LogP contribution in [-0.4, -0.2) is 14.8 Å². The second-order valence-electron chi connectivity index (χ2n) is 3.89. The minimum absolute atomic E-state index is 0.766. The van der Waals surface area contributed by atoms with Crippen LogP contribution < -0.4 is 5.32 Å². The lowest BCUT2D eigenvalue weighted by molar-refractivity contribution is 0.720. The number of nitrogens with zero attached hydrogens (tertiary/aromatic N) is 3. The van der Waals surface area contributed by atoms with Gasteiger partial charge in [-0.3, -0.25) is 9.67 Å². The summed E-state index contributed by atoms with van der Waals surface area (Å²) in [6.07, 6.45) is 1.80. The summed E-state index contributed by atoms with van der Waals surface area (Å²) in [5, 5.41) is 7.49. The van der Waals surface area contributed by atoms with Crippen molar-refractivity contribution < 1.29 is 0 Å². The van der Waals surface area contributed by atoms with Gasteiger partial charge in [0.05, 0.1) is 23.6 Å². The number of nitrogens with one attached hydrogen (secondary N) is 1. The quantitative estimate of drug-likeness (QED) is 0.853. The monoisotopic (exact) mass is 216 g/mol. The maximum absolute atomic E-state index is 4.41. The Kier molecular flexibility index (Phi) is 2.90. The van der Waals surface area contributed by atoms with Crippen molar-refractivity contribution >= 4 is 5.69 Å². The SMILES string of the molecule is Cc1ccc(NCc2ccnn2C)c(C)n1. The molecule has 0 aliphatic heterocycles. The van der Waals surface area contributed by atoms with Crippen LogP contribution in [0.2, 0.25) is 0 Å². The minimum atomic E-state index is 0.766. The maximum Gasteiger partial charge on any atom is 0.0607 e. The highest BCUT2D eigenvalue weighted by molar-refractivity contribution is 5.47. The number of aromatic nitrogens is 3. The summed E-state index contributed by atoms with van der Waals surface area (Å²) >= 11 is 0. The first kappa shape index (κ1) is 10.7. The molecule has 2 aromatic rings. The van der Waals surface area contributed by atoms with Crippen molar-refractivity contribution in [2.75, 3.05) is 5.32 Å². The Bertz CT molecular complexity index is 488. The van der Waals surface area contributed by atoms with Gasteiger partial charge in [-0.1, -0.05) is 0 Å². The highest BCUT2D eigenvalue weighted by Crippen LogP contribution is 2.13. The average molecular weight is 216 g/mol. The van der Waals surface area contributed by atoms with E-state index in [0.717, 1.165) is 29.3 Å². The van der Waals surface area contributed by atoms with Gasteiger partial charge in [0.15, 0.2) is 0 Å². The van der Waals surface area contributed by atoms with Crippen LogP contribution in [0, 0.1) is 13.8 Å². The molecule has 0 saturated carbocycles. The zero-order chi connectivity index (χ0) is 11.5. The molecule has 0 aliphatic rings. The van der Waals surface area contributed by atoms with Gasteiger partial charge in [-0.2, -0.15) is 5.10 Å². The van der Waals surface area contributed by atoms with Gasteiger partial charge in [0.25, 0.3) is 0 Å². The van der Waals surface area contributed by atoms with Crippen molar-refractivity contribution in [3.05, 3.63) is 41.5 Å². The number of anilines is 1. The molecule has 0 radical (unpaired) electrons. The van der Waals surface area contributed by atoms with Gasteiger partial charge in [-0.15, -0.1) is 0 Å². The molecule has 1 N–H and O–H groups in total. The van der Waals surface area contributed by atoms with E-state index in [-0.39, 0.29) is 0 Å². The molecule has 16 heavy (non-hydrogen) atoms. The van der Waals surface area contributed by atoms with E-state index in [4.69, 9.17) is 0 Å². The molecule has 4 heteroatoms. The van der Waals surface area contributed by atoms with E-state index < -0.39 is 0 Å². The summed E-state index contributed by atoms with van der Waals surface area (Å²) in [6, 6.07) is 6.08. The third-order valence-electron chi connectivity index (χ3n) is 2.61. The third-order valence-corrected chi connectivity index (χ3v) is 2.61. The minimum Gasteiger partial charge on any atom is -0.378 e. The van der Waals surface area contributed by atoms with Crippen molar-refractivity contribution in [3.8, 4) is 0 Å². The van der Waals surface area contributed by atoms with Gasteiger partial charge in [0.1, 0.15) is 0 Å². The topological polar surface area (TPSA) is 42.7 Å². The normalized spacial score (nSPS) is 10.4. The van der Waals surface area contributed by atoms with Gasteiger partial charge in [-0.25, -0.2) is 0 Å². The Morgan fingerprint density at radius 1 is 1.25 bits per heavy atom. The molecule has 0 spiro atoms. The Labute approximate surface area is 95.3 Å². The van der Waals surface area contributed by atoms with Gasteiger partial charge in [0.2, 0.25) is 0 Å². The smallest absolute Gasteiger partial charge is 0.0607 e. The predicted octanol–water partition coefficient (Wildman–Crippen LogP) is 2.04. The first-order valence-electron chi connectivity index (χ1n) is 5.32. The van der Waals surface area contributed by atoms with Crippen LogP contribution in [0.3, 0.4) is 0 Å². The largest absolute Gasteiger partial charge is 0.378 e. The molecule has 0 aromatic carbocycles. The lowest BCUT2D eigenvalue weighted by atomic mass is 10.2. The second-order valence-corrected chi connectivity index (χ2v) is 3.89.